The number of hydrogen-bond acceptors (Lipinski definition) is 7. The predicted octanol–water partition coefficient (Wildman–Crippen LogP) is 2.84. The predicted molar refractivity (Wildman–Crippen MR) is 86.3 cm³/mol. The van der Waals surface area contributed by atoms with Gasteiger partial charge in [0.15, 0.2) is 4.34 Å². The SMILES string of the molecule is CCOC(=O)Nc1nnc(SCC(=O)Nc2ccccc2)s1. The fourth-order valence-corrected chi connectivity index (χ4v) is 2.96. The summed E-state index contributed by atoms with van der Waals surface area (Å²) in [4.78, 5) is 23.0. The Kier molecular flexibility index (Phi) is 6.16. The molecule has 0 radical (unpaired) electrons. The first kappa shape index (κ1) is 16.2. The molecule has 2 amide bonds. The lowest BCUT2D eigenvalue weighted by molar-refractivity contribution is -0.113. The second kappa shape index (κ2) is 8.35. The highest BCUT2D eigenvalue weighted by atomic mass is 32.2. The lowest BCUT2D eigenvalue weighted by Gasteiger charge is -2.03. The van der Waals surface area contributed by atoms with Crippen molar-refractivity contribution in [1.29, 1.82) is 0 Å². The van der Waals surface area contributed by atoms with Crippen LogP contribution in [0.3, 0.4) is 0 Å². The highest BCUT2D eigenvalue weighted by Gasteiger charge is 2.10. The molecular formula is C13H14N4O3S2. The van der Waals surface area contributed by atoms with Crippen LogP contribution in [0.25, 0.3) is 0 Å². The number of nitrogens with one attached hydrogen (secondary N) is 2. The molecule has 0 spiro atoms. The smallest absolute Gasteiger partial charge is 0.413 e. The van der Waals surface area contributed by atoms with Crippen LogP contribution in [0.2, 0.25) is 0 Å². The molecule has 116 valence electrons. The van der Waals surface area contributed by atoms with Gasteiger partial charge < -0.3 is 10.1 Å². The molecule has 7 nitrogen and oxygen atoms in total. The zero-order valence-corrected chi connectivity index (χ0v) is 13.4. The number of aromatic nitrogens is 2. The lowest BCUT2D eigenvalue weighted by Crippen LogP contribution is -2.13. The maximum absolute atomic E-state index is 11.8. The minimum atomic E-state index is -0.572. The third-order valence-electron chi connectivity index (χ3n) is 2.28. The molecule has 1 aromatic heterocycles. The summed E-state index contributed by atoms with van der Waals surface area (Å²) in [5, 5.41) is 13.3. The first-order chi connectivity index (χ1) is 10.7. The van der Waals surface area contributed by atoms with Crippen molar-refractivity contribution < 1.29 is 14.3 Å². The number of hydrogen-bond donors (Lipinski definition) is 2. The molecule has 22 heavy (non-hydrogen) atoms. The maximum Gasteiger partial charge on any atom is 0.413 e. The van der Waals surface area contributed by atoms with Gasteiger partial charge in [-0.25, -0.2) is 4.79 Å². The zero-order chi connectivity index (χ0) is 15.8. The van der Waals surface area contributed by atoms with Gasteiger partial charge in [-0.05, 0) is 19.1 Å². The number of carbonyl (C=O) groups is 2. The molecular weight excluding hydrogens is 324 g/mol. The van der Waals surface area contributed by atoms with E-state index in [9.17, 15) is 9.59 Å². The van der Waals surface area contributed by atoms with Gasteiger partial charge in [0.05, 0.1) is 12.4 Å². The fourth-order valence-electron chi connectivity index (χ4n) is 1.42. The van der Waals surface area contributed by atoms with Crippen molar-refractivity contribution in [2.45, 2.75) is 11.3 Å². The second-order valence-electron chi connectivity index (χ2n) is 3.92. The highest BCUT2D eigenvalue weighted by Crippen LogP contribution is 2.25. The Morgan fingerprint density at radius 1 is 1.23 bits per heavy atom. The van der Waals surface area contributed by atoms with Crippen LogP contribution in [0, 0.1) is 0 Å². The van der Waals surface area contributed by atoms with Crippen LogP contribution in [0.5, 0.6) is 0 Å². The van der Waals surface area contributed by atoms with Crippen LogP contribution in [-0.4, -0.2) is 34.6 Å². The van der Waals surface area contributed by atoms with E-state index in [0.29, 0.717) is 9.47 Å². The van der Waals surface area contributed by atoms with Crippen molar-refractivity contribution in [3.05, 3.63) is 30.3 Å². The first-order valence-corrected chi connectivity index (χ1v) is 8.22. The van der Waals surface area contributed by atoms with E-state index in [-0.39, 0.29) is 18.3 Å². The van der Waals surface area contributed by atoms with Crippen molar-refractivity contribution in [2.75, 3.05) is 23.0 Å². The molecule has 2 rings (SSSR count). The molecule has 0 unspecified atom stereocenters. The monoisotopic (exact) mass is 338 g/mol. The number of ether oxygens (including phenoxy) is 1. The summed E-state index contributed by atoms with van der Waals surface area (Å²) in [5.41, 5.74) is 0.745. The van der Waals surface area contributed by atoms with E-state index < -0.39 is 6.09 Å². The van der Waals surface area contributed by atoms with Crippen molar-refractivity contribution in [2.24, 2.45) is 0 Å². The molecule has 0 fully saturated rings. The van der Waals surface area contributed by atoms with Gasteiger partial charge in [0, 0.05) is 5.69 Å². The van der Waals surface area contributed by atoms with Crippen molar-refractivity contribution in [1.82, 2.24) is 10.2 Å². The van der Waals surface area contributed by atoms with E-state index >= 15 is 0 Å². The molecule has 1 aromatic carbocycles. The minimum Gasteiger partial charge on any atom is -0.450 e. The Morgan fingerprint density at radius 2 is 2.00 bits per heavy atom. The molecule has 0 bridgehead atoms. The number of benzene rings is 1. The lowest BCUT2D eigenvalue weighted by atomic mass is 10.3. The summed E-state index contributed by atoms with van der Waals surface area (Å²) >= 11 is 2.43. The van der Waals surface area contributed by atoms with Gasteiger partial charge in [0.25, 0.3) is 0 Å². The average Bonchev–Trinajstić information content (AvgIpc) is 2.94. The van der Waals surface area contributed by atoms with Crippen LogP contribution in [-0.2, 0) is 9.53 Å². The number of para-hydroxylation sites is 1. The largest absolute Gasteiger partial charge is 0.450 e. The number of nitrogens with zero attached hydrogens (tertiary/aromatic N) is 2. The maximum atomic E-state index is 11.8. The highest BCUT2D eigenvalue weighted by molar-refractivity contribution is 8.01. The van der Waals surface area contributed by atoms with Gasteiger partial charge in [-0.15, -0.1) is 10.2 Å². The second-order valence-corrected chi connectivity index (χ2v) is 6.12. The quantitative estimate of drug-likeness (QED) is 0.621. The summed E-state index contributed by atoms with van der Waals surface area (Å²) < 4.78 is 5.33. The van der Waals surface area contributed by atoms with Gasteiger partial charge in [-0.1, -0.05) is 41.3 Å². The van der Waals surface area contributed by atoms with Crippen molar-refractivity contribution >= 4 is 45.9 Å². The molecule has 0 aliphatic carbocycles. The Morgan fingerprint density at radius 3 is 2.73 bits per heavy atom. The van der Waals surface area contributed by atoms with Crippen LogP contribution < -0.4 is 10.6 Å². The van der Waals surface area contributed by atoms with Crippen LogP contribution in [0.15, 0.2) is 34.7 Å². The Balaban J connectivity index is 1.78. The molecule has 0 aliphatic rings. The van der Waals surface area contributed by atoms with Gasteiger partial charge in [0.1, 0.15) is 0 Å². The molecule has 2 aromatic rings. The standard InChI is InChI=1S/C13H14N4O3S2/c1-2-20-12(19)15-11-16-17-13(22-11)21-8-10(18)14-9-6-4-3-5-7-9/h3-7H,2,8H2,1H3,(H,14,18)(H,15,16,19). The summed E-state index contributed by atoms with van der Waals surface area (Å²) in [6, 6.07) is 9.20. The summed E-state index contributed by atoms with van der Waals surface area (Å²) in [7, 11) is 0. The van der Waals surface area contributed by atoms with E-state index in [1.807, 2.05) is 30.3 Å². The van der Waals surface area contributed by atoms with Crippen LogP contribution in [0.4, 0.5) is 15.6 Å². The van der Waals surface area contributed by atoms with Crippen molar-refractivity contribution in [3.63, 3.8) is 0 Å². The third-order valence-corrected chi connectivity index (χ3v) is 4.25. The van der Waals surface area contributed by atoms with E-state index in [2.05, 4.69) is 20.8 Å². The topological polar surface area (TPSA) is 93.2 Å². The summed E-state index contributed by atoms with van der Waals surface area (Å²) in [6.07, 6.45) is -0.572. The van der Waals surface area contributed by atoms with E-state index in [1.165, 1.54) is 23.1 Å². The molecule has 9 heteroatoms. The molecule has 2 N–H and O–H groups in total. The normalized spacial score (nSPS) is 10.0. The van der Waals surface area contributed by atoms with Crippen LogP contribution in [0.1, 0.15) is 6.92 Å². The Hall–Kier alpha value is -2.13. The zero-order valence-electron chi connectivity index (χ0n) is 11.7. The summed E-state index contributed by atoms with van der Waals surface area (Å²) in [5.74, 6) is 0.0782. The number of carbonyl (C=O) groups excluding carboxylic acids is 2. The number of anilines is 2. The van der Waals surface area contributed by atoms with E-state index in [0.717, 1.165) is 5.69 Å². The van der Waals surface area contributed by atoms with Gasteiger partial charge >= 0.3 is 6.09 Å². The number of thioether (sulfide) groups is 1. The Bertz CT molecular complexity index is 633. The minimum absolute atomic E-state index is 0.133. The fraction of sp³-hybridized carbons (Fsp3) is 0.231. The van der Waals surface area contributed by atoms with Gasteiger partial charge in [-0.2, -0.15) is 0 Å². The van der Waals surface area contributed by atoms with Crippen molar-refractivity contribution in [3.8, 4) is 0 Å². The molecule has 1 heterocycles. The van der Waals surface area contributed by atoms with E-state index in [4.69, 9.17) is 4.74 Å². The molecule has 0 saturated carbocycles. The number of amides is 2. The Labute approximate surface area is 135 Å². The molecule has 0 saturated heterocycles. The number of rotatable bonds is 6. The summed E-state index contributed by atoms with van der Waals surface area (Å²) in [6.45, 7) is 2.00. The van der Waals surface area contributed by atoms with Crippen LogP contribution >= 0.6 is 23.1 Å². The third kappa shape index (κ3) is 5.34. The van der Waals surface area contributed by atoms with Gasteiger partial charge in [-0.3, -0.25) is 10.1 Å². The first-order valence-electron chi connectivity index (χ1n) is 6.42. The van der Waals surface area contributed by atoms with Gasteiger partial charge in [0.2, 0.25) is 11.0 Å². The molecule has 0 atom stereocenters. The average molecular weight is 338 g/mol. The molecule has 0 aliphatic heterocycles. The van der Waals surface area contributed by atoms with E-state index in [1.54, 1.807) is 6.92 Å².